The first kappa shape index (κ1) is 18.0. The summed E-state index contributed by atoms with van der Waals surface area (Å²) in [7, 11) is -3.43. The number of hydrogen-bond acceptors (Lipinski definition) is 3. The highest BCUT2D eigenvalue weighted by Gasteiger charge is 2.13. The zero-order valence-electron chi connectivity index (χ0n) is 14.4. The lowest BCUT2D eigenvalue weighted by Crippen LogP contribution is -2.19. The molecule has 0 unspecified atom stereocenters. The number of sulfonamides is 1. The number of anilines is 2. The van der Waals surface area contributed by atoms with E-state index in [4.69, 9.17) is 0 Å². The fourth-order valence-corrected chi connectivity index (χ4v) is 3.75. The second-order valence-electron chi connectivity index (χ2n) is 6.04. The van der Waals surface area contributed by atoms with Gasteiger partial charge < -0.3 is 5.32 Å². The Morgan fingerprint density at radius 2 is 1.19 bits per heavy atom. The van der Waals surface area contributed by atoms with E-state index in [2.05, 4.69) is 10.0 Å². The average molecular weight is 366 g/mol. The summed E-state index contributed by atoms with van der Waals surface area (Å²) in [5, 5.41) is 3.30. The Morgan fingerprint density at radius 3 is 1.85 bits per heavy atom. The van der Waals surface area contributed by atoms with E-state index in [9.17, 15) is 8.42 Å². The van der Waals surface area contributed by atoms with Gasteiger partial charge in [-0.2, -0.15) is 0 Å². The number of aryl methyl sites for hydroxylation is 1. The van der Waals surface area contributed by atoms with E-state index in [0.717, 1.165) is 16.8 Å². The van der Waals surface area contributed by atoms with Crippen molar-refractivity contribution in [3.8, 4) is 0 Å². The Labute approximate surface area is 155 Å². The molecule has 26 heavy (non-hydrogen) atoms. The van der Waals surface area contributed by atoms with Gasteiger partial charge in [0.15, 0.2) is 0 Å². The summed E-state index contributed by atoms with van der Waals surface area (Å²) in [5.74, 6) is 0.0457. The average Bonchev–Trinajstić information content (AvgIpc) is 2.67. The van der Waals surface area contributed by atoms with E-state index < -0.39 is 10.0 Å². The highest BCUT2D eigenvalue weighted by molar-refractivity contribution is 7.92. The van der Waals surface area contributed by atoms with E-state index in [1.807, 2.05) is 78.9 Å². The smallest absolute Gasteiger partial charge is 0.233 e. The molecule has 134 valence electrons. The van der Waals surface area contributed by atoms with Gasteiger partial charge in [-0.25, -0.2) is 8.42 Å². The van der Waals surface area contributed by atoms with E-state index in [1.165, 1.54) is 0 Å². The monoisotopic (exact) mass is 366 g/mol. The molecule has 0 saturated carbocycles. The molecule has 0 radical (unpaired) electrons. The zero-order chi connectivity index (χ0) is 18.2. The number of rotatable bonds is 8. The number of para-hydroxylation sites is 2. The molecular weight excluding hydrogens is 344 g/mol. The maximum atomic E-state index is 12.5. The van der Waals surface area contributed by atoms with Gasteiger partial charge in [0.1, 0.15) is 0 Å². The van der Waals surface area contributed by atoms with Gasteiger partial charge in [0.05, 0.1) is 17.1 Å². The lowest BCUT2D eigenvalue weighted by Gasteiger charge is -2.14. The van der Waals surface area contributed by atoms with Gasteiger partial charge >= 0.3 is 0 Å². The second kappa shape index (κ2) is 8.54. The maximum absolute atomic E-state index is 12.5. The van der Waals surface area contributed by atoms with Crippen LogP contribution in [0.25, 0.3) is 0 Å². The van der Waals surface area contributed by atoms with Gasteiger partial charge in [-0.1, -0.05) is 72.8 Å². The Bertz CT molecular complexity index is 926. The summed E-state index contributed by atoms with van der Waals surface area (Å²) in [6.07, 6.45) is 0.482. The molecular formula is C21H22N2O2S. The predicted molar refractivity (Wildman–Crippen MR) is 108 cm³/mol. The number of nitrogens with one attached hydrogen (secondary N) is 2. The molecule has 0 aliphatic carbocycles. The van der Waals surface area contributed by atoms with Crippen LogP contribution in [0.3, 0.4) is 0 Å². The summed E-state index contributed by atoms with van der Waals surface area (Å²) in [4.78, 5) is 0. The predicted octanol–water partition coefficient (Wildman–Crippen LogP) is 4.28. The van der Waals surface area contributed by atoms with Gasteiger partial charge in [-0.15, -0.1) is 0 Å². The Balaban J connectivity index is 1.65. The molecule has 0 amide bonds. The van der Waals surface area contributed by atoms with Crippen LogP contribution in [0.5, 0.6) is 0 Å². The first-order valence-corrected chi connectivity index (χ1v) is 10.2. The molecule has 0 saturated heterocycles. The first-order chi connectivity index (χ1) is 12.6. The van der Waals surface area contributed by atoms with Gasteiger partial charge in [0.2, 0.25) is 10.0 Å². The molecule has 0 fully saturated rings. The summed E-state index contributed by atoms with van der Waals surface area (Å²) in [6, 6.07) is 27.0. The van der Waals surface area contributed by atoms with Crippen LogP contribution in [0.2, 0.25) is 0 Å². The lowest BCUT2D eigenvalue weighted by atomic mass is 10.2. The van der Waals surface area contributed by atoms with Crippen molar-refractivity contribution in [2.75, 3.05) is 15.8 Å². The molecule has 0 heterocycles. The van der Waals surface area contributed by atoms with Crippen molar-refractivity contribution in [1.29, 1.82) is 0 Å². The van der Waals surface area contributed by atoms with Crippen molar-refractivity contribution in [1.82, 2.24) is 0 Å². The minimum Gasteiger partial charge on any atom is -0.379 e. The fourth-order valence-electron chi connectivity index (χ4n) is 2.63. The largest absolute Gasteiger partial charge is 0.379 e. The molecule has 2 N–H and O–H groups in total. The van der Waals surface area contributed by atoms with Crippen molar-refractivity contribution in [3.05, 3.63) is 96.1 Å². The van der Waals surface area contributed by atoms with Crippen LogP contribution >= 0.6 is 0 Å². The van der Waals surface area contributed by atoms with Crippen LogP contribution in [0.1, 0.15) is 11.1 Å². The van der Waals surface area contributed by atoms with E-state index in [1.54, 1.807) is 6.07 Å². The molecule has 0 spiro atoms. The van der Waals surface area contributed by atoms with Crippen LogP contribution < -0.4 is 10.0 Å². The van der Waals surface area contributed by atoms with Gasteiger partial charge in [0.25, 0.3) is 0 Å². The minimum absolute atomic E-state index is 0.0457. The van der Waals surface area contributed by atoms with Crippen molar-refractivity contribution in [2.45, 2.75) is 13.0 Å². The molecule has 5 heteroatoms. The molecule has 3 aromatic rings. The Kier molecular flexibility index (Phi) is 5.92. The van der Waals surface area contributed by atoms with Gasteiger partial charge in [-0.05, 0) is 29.7 Å². The van der Waals surface area contributed by atoms with Crippen LogP contribution in [0, 0.1) is 0 Å². The van der Waals surface area contributed by atoms with Gasteiger partial charge in [0, 0.05) is 6.54 Å². The SMILES string of the molecule is O=S(=O)(CCc1ccccc1)Nc1ccccc1NCc1ccccc1. The van der Waals surface area contributed by atoms with Gasteiger partial charge in [-0.3, -0.25) is 4.72 Å². The summed E-state index contributed by atoms with van der Waals surface area (Å²) in [5.41, 5.74) is 3.47. The van der Waals surface area contributed by atoms with E-state index >= 15 is 0 Å². The summed E-state index contributed by atoms with van der Waals surface area (Å²) >= 11 is 0. The molecule has 0 aliphatic heterocycles. The number of hydrogen-bond donors (Lipinski definition) is 2. The third-order valence-corrected chi connectivity index (χ3v) is 5.29. The van der Waals surface area contributed by atoms with Crippen molar-refractivity contribution in [3.63, 3.8) is 0 Å². The first-order valence-electron chi connectivity index (χ1n) is 8.54. The molecule has 3 rings (SSSR count). The Hall–Kier alpha value is -2.79. The van der Waals surface area contributed by atoms with Crippen molar-refractivity contribution in [2.24, 2.45) is 0 Å². The van der Waals surface area contributed by atoms with Crippen LogP contribution in [-0.4, -0.2) is 14.2 Å². The second-order valence-corrected chi connectivity index (χ2v) is 7.88. The lowest BCUT2D eigenvalue weighted by molar-refractivity contribution is 0.600. The highest BCUT2D eigenvalue weighted by atomic mass is 32.2. The molecule has 0 aromatic heterocycles. The third kappa shape index (κ3) is 5.36. The maximum Gasteiger partial charge on any atom is 0.233 e. The quantitative estimate of drug-likeness (QED) is 0.625. The summed E-state index contributed by atoms with van der Waals surface area (Å²) < 4.78 is 27.6. The molecule has 0 atom stereocenters. The van der Waals surface area contributed by atoms with Crippen LogP contribution in [-0.2, 0) is 23.0 Å². The van der Waals surface area contributed by atoms with Crippen LogP contribution in [0.4, 0.5) is 11.4 Å². The fraction of sp³-hybridized carbons (Fsp3) is 0.143. The third-order valence-electron chi connectivity index (χ3n) is 4.02. The van der Waals surface area contributed by atoms with E-state index in [0.29, 0.717) is 18.7 Å². The topological polar surface area (TPSA) is 58.2 Å². The Morgan fingerprint density at radius 1 is 0.654 bits per heavy atom. The molecule has 4 nitrogen and oxygen atoms in total. The van der Waals surface area contributed by atoms with Crippen molar-refractivity contribution < 1.29 is 8.42 Å². The highest BCUT2D eigenvalue weighted by Crippen LogP contribution is 2.23. The molecule has 3 aromatic carbocycles. The molecule has 0 bridgehead atoms. The molecule has 0 aliphatic rings. The van der Waals surface area contributed by atoms with Crippen molar-refractivity contribution >= 4 is 21.4 Å². The van der Waals surface area contributed by atoms with Crippen LogP contribution in [0.15, 0.2) is 84.9 Å². The summed E-state index contributed by atoms with van der Waals surface area (Å²) in [6.45, 7) is 0.629. The minimum atomic E-state index is -3.43. The zero-order valence-corrected chi connectivity index (χ0v) is 15.2. The normalized spacial score (nSPS) is 11.1. The standard InChI is InChI=1S/C21H22N2O2S/c24-26(25,16-15-18-9-3-1-4-10-18)23-21-14-8-7-13-20(21)22-17-19-11-5-2-6-12-19/h1-14,22-23H,15-17H2. The van der Waals surface area contributed by atoms with E-state index in [-0.39, 0.29) is 5.75 Å². The number of benzene rings is 3.